The van der Waals surface area contributed by atoms with Crippen molar-refractivity contribution in [3.8, 4) is 11.3 Å². The number of aromatic amines is 2. The molecule has 0 amide bonds. The van der Waals surface area contributed by atoms with Gasteiger partial charge in [-0.15, -0.1) is 0 Å². The zero-order valence-electron chi connectivity index (χ0n) is 13.1. The molecule has 3 aromatic rings. The van der Waals surface area contributed by atoms with Gasteiger partial charge < -0.3 is 14.7 Å². The average molecular weight is 327 g/mol. The lowest BCUT2D eigenvalue weighted by molar-refractivity contribution is -0.0166. The first kappa shape index (κ1) is 15.0. The van der Waals surface area contributed by atoms with E-state index >= 15 is 0 Å². The minimum atomic E-state index is -0.246. The zero-order valence-corrected chi connectivity index (χ0v) is 13.1. The number of aromatic nitrogens is 4. The fourth-order valence-electron chi connectivity index (χ4n) is 2.94. The van der Waals surface area contributed by atoms with Gasteiger partial charge in [0.15, 0.2) is 0 Å². The molecular weight excluding hydrogens is 309 g/mol. The predicted octanol–water partition coefficient (Wildman–Crippen LogP) is 2.51. The Labute approximate surface area is 138 Å². The summed E-state index contributed by atoms with van der Waals surface area (Å²) in [7, 11) is 0. The lowest BCUT2D eigenvalue weighted by atomic mass is 10.2. The van der Waals surface area contributed by atoms with E-state index < -0.39 is 0 Å². The van der Waals surface area contributed by atoms with E-state index in [0.717, 1.165) is 29.5 Å². The zero-order chi connectivity index (χ0) is 16.4. The molecule has 4 rings (SSSR count). The second-order valence-corrected chi connectivity index (χ2v) is 5.79. The highest BCUT2D eigenvalue weighted by Gasteiger charge is 2.27. The fourth-order valence-corrected chi connectivity index (χ4v) is 2.94. The molecule has 1 aliphatic heterocycles. The third-order valence-corrected chi connectivity index (χ3v) is 4.21. The number of H-pyrrole nitrogens is 2. The Morgan fingerprint density at radius 1 is 1.25 bits per heavy atom. The van der Waals surface area contributed by atoms with Gasteiger partial charge in [-0.05, 0) is 29.8 Å². The topological polar surface area (TPSA) is 69.8 Å². The number of hydrogen-bond acceptors (Lipinski definition) is 4. The van der Waals surface area contributed by atoms with E-state index in [1.54, 1.807) is 24.5 Å². The second-order valence-electron chi connectivity index (χ2n) is 5.79. The highest BCUT2D eigenvalue weighted by molar-refractivity contribution is 5.58. The molecule has 24 heavy (non-hydrogen) atoms. The van der Waals surface area contributed by atoms with E-state index in [2.05, 4.69) is 24.8 Å². The van der Waals surface area contributed by atoms with Crippen molar-refractivity contribution in [1.29, 1.82) is 0 Å². The quantitative estimate of drug-likeness (QED) is 0.772. The van der Waals surface area contributed by atoms with Crippen LogP contribution in [0.3, 0.4) is 0 Å². The average Bonchev–Trinajstić information content (AvgIpc) is 3.28. The SMILES string of the molecule is Fc1ccc(-c2cnc(C3COCCN3Cc3ncc[nH]3)[nH]2)cc1. The van der Waals surface area contributed by atoms with Crippen LogP contribution < -0.4 is 0 Å². The van der Waals surface area contributed by atoms with Gasteiger partial charge in [0.1, 0.15) is 17.5 Å². The number of hydrogen-bond donors (Lipinski definition) is 2. The van der Waals surface area contributed by atoms with Gasteiger partial charge in [0.05, 0.1) is 37.7 Å². The van der Waals surface area contributed by atoms with Gasteiger partial charge in [-0.2, -0.15) is 0 Å². The van der Waals surface area contributed by atoms with Crippen molar-refractivity contribution in [2.45, 2.75) is 12.6 Å². The summed E-state index contributed by atoms with van der Waals surface area (Å²) in [6.45, 7) is 2.81. The Bertz CT molecular complexity index is 784. The molecule has 1 aromatic carbocycles. The van der Waals surface area contributed by atoms with Crippen molar-refractivity contribution in [3.05, 3.63) is 60.3 Å². The highest BCUT2D eigenvalue weighted by Crippen LogP contribution is 2.26. The minimum Gasteiger partial charge on any atom is -0.378 e. The molecule has 1 atom stereocenters. The first-order valence-corrected chi connectivity index (χ1v) is 7.90. The van der Waals surface area contributed by atoms with E-state index in [9.17, 15) is 4.39 Å². The Morgan fingerprint density at radius 2 is 2.12 bits per heavy atom. The van der Waals surface area contributed by atoms with Crippen LogP contribution in [0.25, 0.3) is 11.3 Å². The van der Waals surface area contributed by atoms with Crippen molar-refractivity contribution in [1.82, 2.24) is 24.8 Å². The van der Waals surface area contributed by atoms with Crippen LogP contribution in [0.4, 0.5) is 4.39 Å². The Hall–Kier alpha value is -2.51. The van der Waals surface area contributed by atoms with E-state index in [4.69, 9.17) is 4.74 Å². The smallest absolute Gasteiger partial charge is 0.126 e. The minimum absolute atomic E-state index is 0.0399. The number of nitrogens with one attached hydrogen (secondary N) is 2. The number of morpholine rings is 1. The van der Waals surface area contributed by atoms with Crippen LogP contribution in [0.2, 0.25) is 0 Å². The van der Waals surface area contributed by atoms with Gasteiger partial charge in [-0.3, -0.25) is 4.90 Å². The Balaban J connectivity index is 1.56. The molecule has 0 spiro atoms. The summed E-state index contributed by atoms with van der Waals surface area (Å²) in [5.74, 6) is 1.52. The highest BCUT2D eigenvalue weighted by atomic mass is 19.1. The number of rotatable bonds is 4. The molecule has 0 bridgehead atoms. The molecule has 6 nitrogen and oxygen atoms in total. The maximum Gasteiger partial charge on any atom is 0.126 e. The summed E-state index contributed by atoms with van der Waals surface area (Å²) >= 11 is 0. The number of ether oxygens (including phenoxy) is 1. The fraction of sp³-hybridized carbons (Fsp3) is 0.294. The lowest BCUT2D eigenvalue weighted by Gasteiger charge is -2.33. The molecular formula is C17H18FN5O. The molecule has 1 aliphatic rings. The summed E-state index contributed by atoms with van der Waals surface area (Å²) in [5, 5.41) is 0. The summed E-state index contributed by atoms with van der Waals surface area (Å²) in [5.41, 5.74) is 1.78. The molecule has 3 heterocycles. The summed E-state index contributed by atoms with van der Waals surface area (Å²) < 4.78 is 18.7. The third-order valence-electron chi connectivity index (χ3n) is 4.21. The molecule has 1 saturated heterocycles. The predicted molar refractivity (Wildman–Crippen MR) is 86.5 cm³/mol. The maximum atomic E-state index is 13.1. The van der Waals surface area contributed by atoms with E-state index in [1.807, 2.05) is 6.20 Å². The van der Waals surface area contributed by atoms with Gasteiger partial charge in [-0.1, -0.05) is 0 Å². The first-order valence-electron chi connectivity index (χ1n) is 7.90. The van der Waals surface area contributed by atoms with Crippen molar-refractivity contribution in [2.75, 3.05) is 19.8 Å². The van der Waals surface area contributed by atoms with Crippen molar-refractivity contribution < 1.29 is 9.13 Å². The molecule has 0 saturated carbocycles. The molecule has 2 aromatic heterocycles. The number of benzene rings is 1. The van der Waals surface area contributed by atoms with Gasteiger partial charge >= 0.3 is 0 Å². The lowest BCUT2D eigenvalue weighted by Crippen LogP contribution is -2.39. The van der Waals surface area contributed by atoms with Crippen LogP contribution in [-0.2, 0) is 11.3 Å². The van der Waals surface area contributed by atoms with Crippen LogP contribution in [-0.4, -0.2) is 44.6 Å². The number of nitrogens with zero attached hydrogens (tertiary/aromatic N) is 3. The third kappa shape index (κ3) is 3.08. The van der Waals surface area contributed by atoms with Gasteiger partial charge in [0.25, 0.3) is 0 Å². The maximum absolute atomic E-state index is 13.1. The van der Waals surface area contributed by atoms with E-state index in [-0.39, 0.29) is 11.9 Å². The van der Waals surface area contributed by atoms with Gasteiger partial charge in [-0.25, -0.2) is 14.4 Å². The summed E-state index contributed by atoms with van der Waals surface area (Å²) in [6, 6.07) is 6.42. The van der Waals surface area contributed by atoms with E-state index in [1.165, 1.54) is 12.1 Å². The number of halogens is 1. The monoisotopic (exact) mass is 327 g/mol. The molecule has 7 heteroatoms. The molecule has 2 N–H and O–H groups in total. The van der Waals surface area contributed by atoms with Crippen LogP contribution in [0, 0.1) is 5.82 Å². The molecule has 0 aliphatic carbocycles. The molecule has 124 valence electrons. The van der Waals surface area contributed by atoms with Gasteiger partial charge in [0, 0.05) is 18.9 Å². The van der Waals surface area contributed by atoms with E-state index in [0.29, 0.717) is 19.8 Å². The summed E-state index contributed by atoms with van der Waals surface area (Å²) in [4.78, 5) is 17.6. The molecule has 1 unspecified atom stereocenters. The number of imidazole rings is 2. The first-order chi connectivity index (χ1) is 11.8. The van der Waals surface area contributed by atoms with Crippen LogP contribution in [0.1, 0.15) is 17.7 Å². The largest absolute Gasteiger partial charge is 0.378 e. The normalized spacial score (nSPS) is 18.8. The molecule has 1 fully saturated rings. The van der Waals surface area contributed by atoms with Crippen LogP contribution >= 0.6 is 0 Å². The Morgan fingerprint density at radius 3 is 2.92 bits per heavy atom. The van der Waals surface area contributed by atoms with Crippen LogP contribution in [0.15, 0.2) is 42.9 Å². The van der Waals surface area contributed by atoms with Crippen molar-refractivity contribution in [3.63, 3.8) is 0 Å². The summed E-state index contributed by atoms with van der Waals surface area (Å²) in [6.07, 6.45) is 5.36. The Kier molecular flexibility index (Phi) is 4.10. The van der Waals surface area contributed by atoms with Crippen molar-refractivity contribution >= 4 is 0 Å². The standard InChI is InChI=1S/C17H18FN5O/c18-13-3-1-12(2-4-13)14-9-21-17(22-14)15-11-24-8-7-23(15)10-16-19-5-6-20-16/h1-6,9,15H,7-8,10-11H2,(H,19,20)(H,21,22). The van der Waals surface area contributed by atoms with Crippen LogP contribution in [0.5, 0.6) is 0 Å². The molecule has 0 radical (unpaired) electrons. The van der Waals surface area contributed by atoms with Crippen molar-refractivity contribution in [2.24, 2.45) is 0 Å². The van der Waals surface area contributed by atoms with Gasteiger partial charge in [0.2, 0.25) is 0 Å². The second kappa shape index (κ2) is 6.54.